The number of rotatable bonds is 5. The maximum Gasteiger partial charge on any atom is 0.182 e. The smallest absolute Gasteiger partial charge is 0.182 e. The highest BCUT2D eigenvalue weighted by Crippen LogP contribution is 2.37. The van der Waals surface area contributed by atoms with Gasteiger partial charge in [0.15, 0.2) is 15.7 Å². The van der Waals surface area contributed by atoms with Crippen LogP contribution >= 0.6 is 11.5 Å². The lowest BCUT2D eigenvalue weighted by Crippen LogP contribution is -2.25. The highest BCUT2D eigenvalue weighted by atomic mass is 32.2. The van der Waals surface area contributed by atoms with Crippen molar-refractivity contribution in [3.8, 4) is 0 Å². The van der Waals surface area contributed by atoms with Gasteiger partial charge in [-0.2, -0.15) is 4.37 Å². The Morgan fingerprint density at radius 3 is 2.65 bits per heavy atom. The Balaban J connectivity index is 2.36. The fraction of sp³-hybridized carbons (Fsp3) is 0.700. The van der Waals surface area contributed by atoms with Gasteiger partial charge in [0.25, 0.3) is 0 Å². The standard InChI is InChI=1S/C10H17N3O2S2/c1-3-13(6-7-4-5-7)10-8(17(2,14)15)9(11)12-16-10/h7H,3-6H2,1-2H3,(H2,11,12). The lowest BCUT2D eigenvalue weighted by molar-refractivity contribution is 0.602. The van der Waals surface area contributed by atoms with Gasteiger partial charge < -0.3 is 10.6 Å². The molecule has 0 bridgehead atoms. The number of nitrogens with zero attached hydrogens (tertiary/aromatic N) is 2. The number of hydrogen-bond donors (Lipinski definition) is 1. The summed E-state index contributed by atoms with van der Waals surface area (Å²) in [6.07, 6.45) is 3.65. The van der Waals surface area contributed by atoms with Gasteiger partial charge in [-0.15, -0.1) is 0 Å². The molecule has 5 nitrogen and oxygen atoms in total. The van der Waals surface area contributed by atoms with E-state index in [0.29, 0.717) is 10.9 Å². The van der Waals surface area contributed by atoms with E-state index in [9.17, 15) is 8.42 Å². The number of aromatic nitrogens is 1. The molecule has 0 aromatic carbocycles. The molecule has 7 heteroatoms. The summed E-state index contributed by atoms with van der Waals surface area (Å²) in [4.78, 5) is 2.27. The predicted octanol–water partition coefficient (Wildman–Crippen LogP) is 1.37. The molecule has 0 atom stereocenters. The molecule has 1 aliphatic rings. The monoisotopic (exact) mass is 275 g/mol. The van der Waals surface area contributed by atoms with Gasteiger partial charge in [0.05, 0.1) is 0 Å². The third-order valence-electron chi connectivity index (χ3n) is 2.87. The first kappa shape index (κ1) is 12.6. The maximum atomic E-state index is 11.7. The molecule has 17 heavy (non-hydrogen) atoms. The third kappa shape index (κ3) is 2.71. The summed E-state index contributed by atoms with van der Waals surface area (Å²) in [5.41, 5.74) is 5.66. The Hall–Kier alpha value is -0.820. The lowest BCUT2D eigenvalue weighted by Gasteiger charge is -2.21. The Labute approximate surface area is 106 Å². The second-order valence-corrected chi connectivity index (χ2v) is 7.16. The van der Waals surface area contributed by atoms with Gasteiger partial charge in [0.2, 0.25) is 0 Å². The van der Waals surface area contributed by atoms with Crippen molar-refractivity contribution in [3.63, 3.8) is 0 Å². The predicted molar refractivity (Wildman–Crippen MR) is 70.2 cm³/mol. The summed E-state index contributed by atoms with van der Waals surface area (Å²) in [6.45, 7) is 3.70. The molecule has 0 saturated heterocycles. The largest absolute Gasteiger partial charge is 0.382 e. The summed E-state index contributed by atoms with van der Waals surface area (Å²) >= 11 is 1.18. The van der Waals surface area contributed by atoms with Crippen LogP contribution < -0.4 is 10.6 Å². The lowest BCUT2D eigenvalue weighted by atomic mass is 10.3. The van der Waals surface area contributed by atoms with Crippen LogP contribution in [0.25, 0.3) is 0 Å². The average molecular weight is 275 g/mol. The van der Waals surface area contributed by atoms with E-state index in [0.717, 1.165) is 13.1 Å². The first-order chi connectivity index (χ1) is 7.93. The number of sulfone groups is 1. The summed E-state index contributed by atoms with van der Waals surface area (Å²) in [7, 11) is -3.31. The minimum absolute atomic E-state index is 0.127. The van der Waals surface area contributed by atoms with Crippen LogP contribution in [0.3, 0.4) is 0 Å². The molecule has 1 aliphatic carbocycles. The van der Waals surface area contributed by atoms with Gasteiger partial charge in [0.1, 0.15) is 9.90 Å². The summed E-state index contributed by atoms with van der Waals surface area (Å²) in [5.74, 6) is 0.826. The zero-order chi connectivity index (χ0) is 12.6. The van der Waals surface area contributed by atoms with Crippen molar-refractivity contribution in [2.75, 3.05) is 30.0 Å². The Morgan fingerprint density at radius 1 is 1.53 bits per heavy atom. The van der Waals surface area contributed by atoms with Crippen molar-refractivity contribution in [1.29, 1.82) is 0 Å². The number of hydrogen-bond acceptors (Lipinski definition) is 6. The van der Waals surface area contributed by atoms with E-state index in [1.165, 1.54) is 30.6 Å². The molecule has 1 heterocycles. The van der Waals surface area contributed by atoms with Crippen LogP contribution in [0.5, 0.6) is 0 Å². The molecular weight excluding hydrogens is 258 g/mol. The molecule has 0 radical (unpaired) electrons. The Kier molecular flexibility index (Phi) is 3.31. The van der Waals surface area contributed by atoms with Crippen molar-refractivity contribution in [3.05, 3.63) is 0 Å². The van der Waals surface area contributed by atoms with E-state index < -0.39 is 9.84 Å². The first-order valence-corrected chi connectivity index (χ1v) is 8.30. The van der Waals surface area contributed by atoms with Crippen LogP contribution in [-0.2, 0) is 9.84 Å². The summed E-state index contributed by atoms with van der Waals surface area (Å²) in [6, 6.07) is 0. The van der Waals surface area contributed by atoms with E-state index in [2.05, 4.69) is 9.27 Å². The van der Waals surface area contributed by atoms with Crippen molar-refractivity contribution in [2.24, 2.45) is 5.92 Å². The zero-order valence-corrected chi connectivity index (χ0v) is 11.6. The SMILES string of the molecule is CCN(CC1CC1)c1snc(N)c1S(C)(=O)=O. The highest BCUT2D eigenvalue weighted by molar-refractivity contribution is 7.91. The molecule has 2 N–H and O–H groups in total. The molecule has 1 fully saturated rings. The number of nitrogen functional groups attached to an aromatic ring is 1. The van der Waals surface area contributed by atoms with Crippen LogP contribution in [0.4, 0.5) is 10.8 Å². The molecule has 1 aromatic rings. The van der Waals surface area contributed by atoms with Gasteiger partial charge in [-0.05, 0) is 37.2 Å². The molecule has 0 amide bonds. The number of anilines is 2. The number of nitrogens with two attached hydrogens (primary N) is 1. The Morgan fingerprint density at radius 2 is 2.18 bits per heavy atom. The van der Waals surface area contributed by atoms with Crippen molar-refractivity contribution < 1.29 is 8.42 Å². The molecule has 0 aliphatic heterocycles. The second-order valence-electron chi connectivity index (χ2n) is 4.46. The van der Waals surface area contributed by atoms with Crippen LogP contribution in [0.2, 0.25) is 0 Å². The molecule has 1 aromatic heterocycles. The quantitative estimate of drug-likeness (QED) is 0.878. The molecule has 1 saturated carbocycles. The summed E-state index contributed by atoms with van der Waals surface area (Å²) in [5, 5.41) is 0.694. The van der Waals surface area contributed by atoms with E-state index in [1.54, 1.807) is 0 Å². The van der Waals surface area contributed by atoms with Crippen LogP contribution in [0.15, 0.2) is 4.90 Å². The van der Waals surface area contributed by atoms with Crippen LogP contribution in [0.1, 0.15) is 19.8 Å². The second kappa shape index (κ2) is 4.45. The van der Waals surface area contributed by atoms with Gasteiger partial charge in [-0.25, -0.2) is 8.42 Å². The van der Waals surface area contributed by atoms with Crippen molar-refractivity contribution in [1.82, 2.24) is 4.37 Å². The van der Waals surface area contributed by atoms with Gasteiger partial charge in [0, 0.05) is 19.3 Å². The van der Waals surface area contributed by atoms with Gasteiger partial charge in [-0.3, -0.25) is 0 Å². The molecule has 0 spiro atoms. The Bertz CT molecular complexity index is 506. The summed E-state index contributed by atoms with van der Waals surface area (Å²) < 4.78 is 27.4. The van der Waals surface area contributed by atoms with Crippen LogP contribution in [-0.4, -0.2) is 32.1 Å². The third-order valence-corrected chi connectivity index (χ3v) is 5.07. The average Bonchev–Trinajstić information content (AvgIpc) is 2.95. The van der Waals surface area contributed by atoms with Crippen LogP contribution in [0, 0.1) is 5.92 Å². The molecule has 2 rings (SSSR count). The highest BCUT2D eigenvalue weighted by Gasteiger charge is 2.29. The van der Waals surface area contributed by atoms with E-state index in [1.807, 2.05) is 6.92 Å². The minimum atomic E-state index is -3.31. The normalized spacial score (nSPS) is 16.1. The first-order valence-electron chi connectivity index (χ1n) is 5.63. The molecular formula is C10H17N3O2S2. The van der Waals surface area contributed by atoms with E-state index in [4.69, 9.17) is 5.73 Å². The maximum absolute atomic E-state index is 11.7. The minimum Gasteiger partial charge on any atom is -0.382 e. The molecule has 0 unspecified atom stereocenters. The van der Waals surface area contributed by atoms with Gasteiger partial charge in [-0.1, -0.05) is 0 Å². The fourth-order valence-electron chi connectivity index (χ4n) is 1.80. The topological polar surface area (TPSA) is 76.3 Å². The van der Waals surface area contributed by atoms with E-state index in [-0.39, 0.29) is 10.7 Å². The van der Waals surface area contributed by atoms with Crippen molar-refractivity contribution in [2.45, 2.75) is 24.7 Å². The van der Waals surface area contributed by atoms with Gasteiger partial charge >= 0.3 is 0 Å². The van der Waals surface area contributed by atoms with Crippen molar-refractivity contribution >= 4 is 32.2 Å². The van der Waals surface area contributed by atoms with E-state index >= 15 is 0 Å². The molecule has 96 valence electrons. The zero-order valence-electron chi connectivity index (χ0n) is 10.0. The fourth-order valence-corrected chi connectivity index (χ4v) is 4.08.